The molecule has 0 saturated heterocycles. The zero-order valence-electron chi connectivity index (χ0n) is 14.7. The first-order valence-electron chi connectivity index (χ1n) is 9.22. The maximum atomic E-state index is 12.3. The van der Waals surface area contributed by atoms with Gasteiger partial charge in [0, 0.05) is 24.1 Å². The third kappa shape index (κ3) is 3.80. The number of rotatable bonds is 4. The van der Waals surface area contributed by atoms with Gasteiger partial charge in [-0.3, -0.25) is 9.59 Å². The molecule has 1 saturated carbocycles. The van der Waals surface area contributed by atoms with E-state index in [1.54, 1.807) is 0 Å². The lowest BCUT2D eigenvalue weighted by Gasteiger charge is -2.34. The molecular weight excluding hydrogens is 300 g/mol. The van der Waals surface area contributed by atoms with E-state index in [1.165, 1.54) is 12.8 Å². The molecule has 4 nitrogen and oxygen atoms in total. The summed E-state index contributed by atoms with van der Waals surface area (Å²) in [5, 5.41) is 6.16. The predicted octanol–water partition coefficient (Wildman–Crippen LogP) is 3.52. The summed E-state index contributed by atoms with van der Waals surface area (Å²) >= 11 is 0. The Morgan fingerprint density at radius 2 is 2.04 bits per heavy atom. The molecule has 24 heavy (non-hydrogen) atoms. The van der Waals surface area contributed by atoms with Crippen LogP contribution in [-0.4, -0.2) is 17.9 Å². The second kappa shape index (κ2) is 7.37. The Morgan fingerprint density at radius 3 is 2.88 bits per heavy atom. The van der Waals surface area contributed by atoms with Crippen LogP contribution >= 0.6 is 0 Å². The Hall–Kier alpha value is -1.84. The van der Waals surface area contributed by atoms with Gasteiger partial charge in [0.15, 0.2) is 0 Å². The van der Waals surface area contributed by atoms with E-state index < -0.39 is 0 Å². The molecule has 0 spiro atoms. The summed E-state index contributed by atoms with van der Waals surface area (Å²) in [5.41, 5.74) is 2.07. The molecule has 1 aromatic carbocycles. The maximum absolute atomic E-state index is 12.3. The summed E-state index contributed by atoms with van der Waals surface area (Å²) in [4.78, 5) is 24.5. The van der Waals surface area contributed by atoms with E-state index in [-0.39, 0.29) is 17.7 Å². The van der Waals surface area contributed by atoms with Crippen LogP contribution in [0, 0.1) is 17.8 Å². The lowest BCUT2D eigenvalue weighted by Crippen LogP contribution is -2.44. The molecule has 2 N–H and O–H groups in total. The van der Waals surface area contributed by atoms with Crippen LogP contribution < -0.4 is 10.6 Å². The van der Waals surface area contributed by atoms with Crippen molar-refractivity contribution < 1.29 is 9.59 Å². The third-order valence-corrected chi connectivity index (χ3v) is 5.89. The van der Waals surface area contributed by atoms with Crippen molar-refractivity contribution >= 4 is 17.5 Å². The molecule has 2 amide bonds. The zero-order valence-corrected chi connectivity index (χ0v) is 14.7. The summed E-state index contributed by atoms with van der Waals surface area (Å²) in [6, 6.07) is 8.20. The minimum Gasteiger partial charge on any atom is -0.353 e. The highest BCUT2D eigenvalue weighted by Crippen LogP contribution is 2.30. The minimum absolute atomic E-state index is 0.0427. The molecule has 2 aliphatic rings. The van der Waals surface area contributed by atoms with Crippen LogP contribution in [-0.2, 0) is 16.0 Å². The van der Waals surface area contributed by atoms with Crippen LogP contribution in [0.15, 0.2) is 24.3 Å². The van der Waals surface area contributed by atoms with Gasteiger partial charge in [-0.15, -0.1) is 0 Å². The number of anilines is 1. The van der Waals surface area contributed by atoms with Crippen molar-refractivity contribution in [2.75, 3.05) is 5.32 Å². The van der Waals surface area contributed by atoms with Crippen molar-refractivity contribution in [1.29, 1.82) is 0 Å². The summed E-state index contributed by atoms with van der Waals surface area (Å²) in [6.07, 6.45) is 5.30. The molecule has 0 radical (unpaired) electrons. The van der Waals surface area contributed by atoms with Gasteiger partial charge in [-0.1, -0.05) is 44.9 Å². The fourth-order valence-electron chi connectivity index (χ4n) is 4.02. The summed E-state index contributed by atoms with van der Waals surface area (Å²) < 4.78 is 0. The Balaban J connectivity index is 1.50. The summed E-state index contributed by atoms with van der Waals surface area (Å²) in [5.74, 6) is 1.24. The van der Waals surface area contributed by atoms with E-state index in [4.69, 9.17) is 0 Å². The van der Waals surface area contributed by atoms with Crippen molar-refractivity contribution in [2.24, 2.45) is 17.8 Å². The van der Waals surface area contributed by atoms with Gasteiger partial charge in [0.2, 0.25) is 11.8 Å². The van der Waals surface area contributed by atoms with E-state index in [1.807, 2.05) is 24.3 Å². The average molecular weight is 328 g/mol. The maximum Gasteiger partial charge on any atom is 0.227 e. The molecule has 4 heteroatoms. The topological polar surface area (TPSA) is 58.2 Å². The molecule has 4 unspecified atom stereocenters. The smallest absolute Gasteiger partial charge is 0.227 e. The van der Waals surface area contributed by atoms with Crippen LogP contribution in [0.1, 0.15) is 51.5 Å². The fraction of sp³-hybridized carbons (Fsp3) is 0.600. The van der Waals surface area contributed by atoms with Crippen molar-refractivity contribution in [3.8, 4) is 0 Å². The molecule has 1 heterocycles. The van der Waals surface area contributed by atoms with E-state index in [0.717, 1.165) is 24.1 Å². The first kappa shape index (κ1) is 17.0. The van der Waals surface area contributed by atoms with Gasteiger partial charge in [0.25, 0.3) is 0 Å². The molecule has 0 aromatic heterocycles. The third-order valence-electron chi connectivity index (χ3n) is 5.89. The monoisotopic (exact) mass is 328 g/mol. The largest absolute Gasteiger partial charge is 0.353 e. The number of carbonyl (C=O) groups excluding carboxylic acids is 2. The Labute approximate surface area is 144 Å². The van der Waals surface area contributed by atoms with Crippen LogP contribution in [0.4, 0.5) is 5.69 Å². The molecule has 1 aromatic rings. The Kier molecular flexibility index (Phi) is 5.22. The van der Waals surface area contributed by atoms with Gasteiger partial charge in [0.05, 0.1) is 0 Å². The van der Waals surface area contributed by atoms with Gasteiger partial charge in [-0.25, -0.2) is 0 Å². The van der Waals surface area contributed by atoms with Crippen molar-refractivity contribution in [1.82, 2.24) is 5.32 Å². The number of hydrogen-bond acceptors (Lipinski definition) is 2. The summed E-state index contributed by atoms with van der Waals surface area (Å²) in [6.45, 7) is 4.51. The van der Waals surface area contributed by atoms with Crippen LogP contribution in [0.25, 0.3) is 0 Å². The highest BCUT2D eigenvalue weighted by atomic mass is 16.2. The van der Waals surface area contributed by atoms with Crippen LogP contribution in [0.2, 0.25) is 0 Å². The summed E-state index contributed by atoms with van der Waals surface area (Å²) in [7, 11) is 0. The number of carbonyl (C=O) groups is 2. The Bertz CT molecular complexity index is 613. The fourth-order valence-corrected chi connectivity index (χ4v) is 4.02. The highest BCUT2D eigenvalue weighted by molar-refractivity contribution is 5.96. The van der Waals surface area contributed by atoms with Gasteiger partial charge in [0.1, 0.15) is 0 Å². The van der Waals surface area contributed by atoms with E-state index in [9.17, 15) is 9.59 Å². The molecule has 3 rings (SSSR count). The predicted molar refractivity (Wildman–Crippen MR) is 95.6 cm³/mol. The van der Waals surface area contributed by atoms with Crippen molar-refractivity contribution in [3.05, 3.63) is 29.8 Å². The lowest BCUT2D eigenvalue weighted by molar-refractivity contribution is -0.123. The molecule has 1 aliphatic carbocycles. The number of fused-ring (bicyclic) bond motifs is 1. The number of para-hydroxylation sites is 1. The van der Waals surface area contributed by atoms with Gasteiger partial charge in [-0.05, 0) is 42.7 Å². The van der Waals surface area contributed by atoms with E-state index in [0.29, 0.717) is 30.7 Å². The first-order valence-corrected chi connectivity index (χ1v) is 9.22. The Morgan fingerprint density at radius 1 is 1.25 bits per heavy atom. The standard InChI is InChI=1S/C20H28N2O2/c1-13-6-5-9-17(14(13)2)21-19(23)11-10-16-12-15-7-3-4-8-18(15)22-20(16)24/h3-4,7-8,13-14,16-17H,5-6,9-12H2,1-2H3,(H,21,23)(H,22,24). The van der Waals surface area contributed by atoms with E-state index >= 15 is 0 Å². The molecule has 1 fully saturated rings. The molecule has 4 atom stereocenters. The normalized spacial score (nSPS) is 29.5. The number of amides is 2. The highest BCUT2D eigenvalue weighted by Gasteiger charge is 2.29. The van der Waals surface area contributed by atoms with Crippen LogP contribution in [0.5, 0.6) is 0 Å². The molecule has 0 bridgehead atoms. The van der Waals surface area contributed by atoms with Crippen molar-refractivity contribution in [3.63, 3.8) is 0 Å². The van der Waals surface area contributed by atoms with E-state index in [2.05, 4.69) is 24.5 Å². The average Bonchev–Trinajstić information content (AvgIpc) is 2.57. The van der Waals surface area contributed by atoms with Gasteiger partial charge < -0.3 is 10.6 Å². The molecular formula is C20H28N2O2. The molecule has 1 aliphatic heterocycles. The second-order valence-electron chi connectivity index (χ2n) is 7.53. The van der Waals surface area contributed by atoms with Crippen molar-refractivity contribution in [2.45, 2.75) is 58.4 Å². The van der Waals surface area contributed by atoms with Gasteiger partial charge in [-0.2, -0.15) is 0 Å². The molecule has 130 valence electrons. The lowest BCUT2D eigenvalue weighted by atomic mass is 9.78. The van der Waals surface area contributed by atoms with Gasteiger partial charge >= 0.3 is 0 Å². The number of benzene rings is 1. The second-order valence-corrected chi connectivity index (χ2v) is 7.53. The first-order chi connectivity index (χ1) is 11.5. The SMILES string of the molecule is CC1CCCC(NC(=O)CCC2Cc3ccccc3NC2=O)C1C. The van der Waals surface area contributed by atoms with Crippen LogP contribution in [0.3, 0.4) is 0 Å². The number of hydrogen-bond donors (Lipinski definition) is 2. The number of nitrogens with one attached hydrogen (secondary N) is 2. The quantitative estimate of drug-likeness (QED) is 0.888. The minimum atomic E-state index is -0.103. The zero-order chi connectivity index (χ0) is 17.1.